The summed E-state index contributed by atoms with van der Waals surface area (Å²) in [6, 6.07) is 7.72. The first-order chi connectivity index (χ1) is 8.13. The van der Waals surface area contributed by atoms with Crippen LogP contribution in [0.25, 0.3) is 6.08 Å². The summed E-state index contributed by atoms with van der Waals surface area (Å²) >= 11 is 0. The first-order valence-corrected chi connectivity index (χ1v) is 5.55. The van der Waals surface area contributed by atoms with Gasteiger partial charge in [-0.15, -0.1) is 0 Å². The van der Waals surface area contributed by atoms with Gasteiger partial charge in [-0.05, 0) is 36.6 Å². The number of nitriles is 1. The number of carbonyl (C=O) groups is 1. The van der Waals surface area contributed by atoms with Crippen LogP contribution in [-0.4, -0.2) is 12.5 Å². The second kappa shape index (κ2) is 6.49. The lowest BCUT2D eigenvalue weighted by atomic mass is 10.1. The highest BCUT2D eigenvalue weighted by Gasteiger charge is 1.96. The Labute approximate surface area is 102 Å². The molecule has 1 rings (SSSR count). The third-order valence-corrected chi connectivity index (χ3v) is 2.38. The van der Waals surface area contributed by atoms with Gasteiger partial charge in [0.15, 0.2) is 0 Å². The van der Waals surface area contributed by atoms with Crippen LogP contribution in [0.4, 0.5) is 0 Å². The van der Waals surface area contributed by atoms with E-state index >= 15 is 0 Å². The van der Waals surface area contributed by atoms with Gasteiger partial charge in [0.25, 0.3) is 0 Å². The molecule has 0 saturated heterocycles. The van der Waals surface area contributed by atoms with Crippen molar-refractivity contribution in [3.05, 3.63) is 41.0 Å². The SMILES string of the molecule is CC(=O)NCCC=Cc1ccc(C#N)cc1C. The quantitative estimate of drug-likeness (QED) is 0.804. The molecule has 1 aromatic carbocycles. The van der Waals surface area contributed by atoms with Crippen LogP contribution < -0.4 is 5.32 Å². The minimum Gasteiger partial charge on any atom is -0.356 e. The zero-order valence-corrected chi connectivity index (χ0v) is 10.2. The van der Waals surface area contributed by atoms with Gasteiger partial charge in [-0.25, -0.2) is 0 Å². The van der Waals surface area contributed by atoms with Crippen LogP contribution >= 0.6 is 0 Å². The van der Waals surface area contributed by atoms with E-state index in [1.807, 2.05) is 31.2 Å². The molecule has 1 aromatic rings. The van der Waals surface area contributed by atoms with E-state index in [0.29, 0.717) is 12.1 Å². The minimum atomic E-state index is -0.00652. The first kappa shape index (κ1) is 13.0. The Balaban J connectivity index is 2.54. The van der Waals surface area contributed by atoms with Gasteiger partial charge in [0.2, 0.25) is 5.91 Å². The lowest BCUT2D eigenvalue weighted by Gasteiger charge is -2.01. The van der Waals surface area contributed by atoms with Crippen molar-refractivity contribution in [3.63, 3.8) is 0 Å². The Morgan fingerprint density at radius 1 is 1.53 bits per heavy atom. The molecule has 0 aromatic heterocycles. The summed E-state index contributed by atoms with van der Waals surface area (Å²) in [4.78, 5) is 10.6. The Bertz CT molecular complexity index is 470. The maximum atomic E-state index is 10.6. The highest BCUT2D eigenvalue weighted by molar-refractivity contribution is 5.72. The molecule has 0 aliphatic carbocycles. The predicted molar refractivity (Wildman–Crippen MR) is 68.2 cm³/mol. The fraction of sp³-hybridized carbons (Fsp3) is 0.286. The maximum Gasteiger partial charge on any atom is 0.216 e. The Hall–Kier alpha value is -2.08. The summed E-state index contributed by atoms with van der Waals surface area (Å²) in [5.74, 6) is -0.00652. The average Bonchev–Trinajstić information content (AvgIpc) is 2.30. The molecule has 1 N–H and O–H groups in total. The van der Waals surface area contributed by atoms with Crippen molar-refractivity contribution in [1.82, 2.24) is 5.32 Å². The fourth-order valence-corrected chi connectivity index (χ4v) is 1.47. The largest absolute Gasteiger partial charge is 0.356 e. The summed E-state index contributed by atoms with van der Waals surface area (Å²) in [7, 11) is 0. The molecule has 0 aliphatic rings. The second-order valence-corrected chi connectivity index (χ2v) is 3.86. The summed E-state index contributed by atoms with van der Waals surface area (Å²) in [6.07, 6.45) is 4.83. The van der Waals surface area contributed by atoms with Gasteiger partial charge in [0.1, 0.15) is 0 Å². The van der Waals surface area contributed by atoms with Gasteiger partial charge >= 0.3 is 0 Å². The number of benzene rings is 1. The number of hydrogen-bond acceptors (Lipinski definition) is 2. The van der Waals surface area contributed by atoms with E-state index in [4.69, 9.17) is 5.26 Å². The van der Waals surface area contributed by atoms with E-state index < -0.39 is 0 Å². The van der Waals surface area contributed by atoms with Crippen molar-refractivity contribution in [2.24, 2.45) is 0 Å². The van der Waals surface area contributed by atoms with Crippen molar-refractivity contribution in [3.8, 4) is 6.07 Å². The first-order valence-electron chi connectivity index (χ1n) is 5.55. The van der Waals surface area contributed by atoms with Crippen LogP contribution in [0.15, 0.2) is 24.3 Å². The van der Waals surface area contributed by atoms with Crippen molar-refractivity contribution < 1.29 is 4.79 Å². The van der Waals surface area contributed by atoms with E-state index in [1.54, 1.807) is 6.07 Å². The van der Waals surface area contributed by atoms with Gasteiger partial charge in [0, 0.05) is 13.5 Å². The molecular weight excluding hydrogens is 212 g/mol. The zero-order chi connectivity index (χ0) is 12.7. The molecule has 0 atom stereocenters. The number of nitrogens with one attached hydrogen (secondary N) is 1. The van der Waals surface area contributed by atoms with Crippen LogP contribution in [0.2, 0.25) is 0 Å². The predicted octanol–water partition coefficient (Wildman–Crippen LogP) is 2.41. The number of rotatable bonds is 4. The minimum absolute atomic E-state index is 0.00652. The van der Waals surface area contributed by atoms with Crippen LogP contribution in [0.5, 0.6) is 0 Å². The molecule has 0 aliphatic heterocycles. The van der Waals surface area contributed by atoms with Crippen LogP contribution in [0, 0.1) is 18.3 Å². The zero-order valence-electron chi connectivity index (χ0n) is 10.2. The van der Waals surface area contributed by atoms with Gasteiger partial charge in [-0.2, -0.15) is 5.26 Å². The molecule has 0 unspecified atom stereocenters. The number of nitrogens with zero attached hydrogens (tertiary/aromatic N) is 1. The van der Waals surface area contributed by atoms with Crippen molar-refractivity contribution in [2.75, 3.05) is 6.54 Å². The molecule has 0 heterocycles. The third kappa shape index (κ3) is 4.52. The molecule has 0 bridgehead atoms. The number of aryl methyl sites for hydroxylation is 1. The van der Waals surface area contributed by atoms with Gasteiger partial charge in [-0.3, -0.25) is 4.79 Å². The number of amides is 1. The second-order valence-electron chi connectivity index (χ2n) is 3.86. The Morgan fingerprint density at radius 2 is 2.29 bits per heavy atom. The lowest BCUT2D eigenvalue weighted by molar-refractivity contribution is -0.118. The number of carbonyl (C=O) groups excluding carboxylic acids is 1. The Morgan fingerprint density at radius 3 is 2.88 bits per heavy atom. The molecule has 0 radical (unpaired) electrons. The summed E-state index contributed by atoms with van der Waals surface area (Å²) < 4.78 is 0. The molecule has 0 spiro atoms. The molecule has 1 amide bonds. The Kier molecular flexibility index (Phi) is 4.96. The van der Waals surface area contributed by atoms with Crippen molar-refractivity contribution in [2.45, 2.75) is 20.3 Å². The van der Waals surface area contributed by atoms with Gasteiger partial charge < -0.3 is 5.32 Å². The van der Waals surface area contributed by atoms with Crippen LogP contribution in [-0.2, 0) is 4.79 Å². The lowest BCUT2D eigenvalue weighted by Crippen LogP contribution is -2.20. The highest BCUT2D eigenvalue weighted by atomic mass is 16.1. The molecule has 88 valence electrons. The van der Waals surface area contributed by atoms with E-state index in [-0.39, 0.29) is 5.91 Å². The number of hydrogen-bond donors (Lipinski definition) is 1. The monoisotopic (exact) mass is 228 g/mol. The maximum absolute atomic E-state index is 10.6. The standard InChI is InChI=1S/C14H16N2O/c1-11-9-13(10-15)6-7-14(11)5-3-4-8-16-12(2)17/h3,5-7,9H,4,8H2,1-2H3,(H,16,17). The average molecular weight is 228 g/mol. The normalized spacial score (nSPS) is 10.2. The molecule has 3 heteroatoms. The molecule has 0 fully saturated rings. The van der Waals surface area contributed by atoms with Crippen LogP contribution in [0.1, 0.15) is 30.0 Å². The fourth-order valence-electron chi connectivity index (χ4n) is 1.47. The third-order valence-electron chi connectivity index (χ3n) is 2.38. The summed E-state index contributed by atoms with van der Waals surface area (Å²) in [5, 5.41) is 11.5. The van der Waals surface area contributed by atoms with Crippen molar-refractivity contribution in [1.29, 1.82) is 5.26 Å². The topological polar surface area (TPSA) is 52.9 Å². The van der Waals surface area contributed by atoms with E-state index in [9.17, 15) is 4.79 Å². The van der Waals surface area contributed by atoms with Gasteiger partial charge in [-0.1, -0.05) is 18.2 Å². The molecule has 17 heavy (non-hydrogen) atoms. The summed E-state index contributed by atoms with van der Waals surface area (Å²) in [6.45, 7) is 4.14. The van der Waals surface area contributed by atoms with E-state index in [2.05, 4.69) is 11.4 Å². The van der Waals surface area contributed by atoms with Crippen molar-refractivity contribution >= 4 is 12.0 Å². The molecule has 0 saturated carbocycles. The van der Waals surface area contributed by atoms with Crippen LogP contribution in [0.3, 0.4) is 0 Å². The van der Waals surface area contributed by atoms with E-state index in [1.165, 1.54) is 6.92 Å². The molecular formula is C14H16N2O. The summed E-state index contributed by atoms with van der Waals surface area (Å²) in [5.41, 5.74) is 2.87. The van der Waals surface area contributed by atoms with Gasteiger partial charge in [0.05, 0.1) is 11.6 Å². The highest BCUT2D eigenvalue weighted by Crippen LogP contribution is 2.12. The molecule has 3 nitrogen and oxygen atoms in total. The smallest absolute Gasteiger partial charge is 0.216 e. The van der Waals surface area contributed by atoms with E-state index in [0.717, 1.165) is 17.5 Å².